The van der Waals surface area contributed by atoms with Crippen molar-refractivity contribution in [2.45, 2.75) is 13.0 Å². The average Bonchev–Trinajstić information content (AvgIpc) is 3.00. The van der Waals surface area contributed by atoms with Crippen molar-refractivity contribution in [3.63, 3.8) is 0 Å². The molecule has 1 heterocycles. The Hall–Kier alpha value is -2.67. The molecule has 0 aliphatic carbocycles. The third-order valence-electron chi connectivity index (χ3n) is 3.70. The zero-order valence-corrected chi connectivity index (χ0v) is 13.3. The summed E-state index contributed by atoms with van der Waals surface area (Å²) in [6.45, 7) is 1.91. The van der Waals surface area contributed by atoms with E-state index in [1.165, 1.54) is 12.1 Å². The van der Waals surface area contributed by atoms with Crippen LogP contribution >= 0.6 is 0 Å². The van der Waals surface area contributed by atoms with Gasteiger partial charge in [0.05, 0.1) is 17.2 Å². The van der Waals surface area contributed by atoms with Crippen molar-refractivity contribution in [3.05, 3.63) is 63.6 Å². The zero-order chi connectivity index (χ0) is 17.0. The fourth-order valence-electron chi connectivity index (χ4n) is 2.37. The number of carbonyl (C=O) groups is 1. The summed E-state index contributed by atoms with van der Waals surface area (Å²) in [7, 11) is 3.77. The molecule has 7 nitrogen and oxygen atoms in total. The molecule has 0 aliphatic heterocycles. The largest absolute Gasteiger partial charge is 0.468 e. The van der Waals surface area contributed by atoms with Gasteiger partial charge in [-0.05, 0) is 39.2 Å². The second-order valence-corrected chi connectivity index (χ2v) is 5.41. The molecular formula is C16H19N3O4. The number of nitro benzene ring substituents is 1. The number of amides is 1. The van der Waals surface area contributed by atoms with Gasteiger partial charge < -0.3 is 9.73 Å². The third kappa shape index (κ3) is 3.75. The van der Waals surface area contributed by atoms with E-state index >= 15 is 0 Å². The van der Waals surface area contributed by atoms with Gasteiger partial charge in [-0.1, -0.05) is 6.07 Å². The predicted molar refractivity (Wildman–Crippen MR) is 85.3 cm³/mol. The van der Waals surface area contributed by atoms with Gasteiger partial charge in [0.15, 0.2) is 0 Å². The van der Waals surface area contributed by atoms with Gasteiger partial charge in [-0.2, -0.15) is 0 Å². The number of carbonyl (C=O) groups excluding carboxylic acids is 1. The predicted octanol–water partition coefficient (Wildman–Crippen LogP) is 2.53. The van der Waals surface area contributed by atoms with Crippen LogP contribution in [0.4, 0.5) is 5.69 Å². The molecule has 7 heteroatoms. The highest BCUT2D eigenvalue weighted by atomic mass is 16.6. The minimum Gasteiger partial charge on any atom is -0.468 e. The first-order valence-corrected chi connectivity index (χ1v) is 7.14. The lowest BCUT2D eigenvalue weighted by Gasteiger charge is -2.22. The Morgan fingerprint density at radius 1 is 1.35 bits per heavy atom. The van der Waals surface area contributed by atoms with Gasteiger partial charge >= 0.3 is 0 Å². The Balaban J connectivity index is 2.13. The fourth-order valence-corrected chi connectivity index (χ4v) is 2.37. The Morgan fingerprint density at radius 3 is 2.65 bits per heavy atom. The molecule has 1 atom stereocenters. The van der Waals surface area contributed by atoms with Crippen molar-refractivity contribution in [2.75, 3.05) is 20.6 Å². The van der Waals surface area contributed by atoms with Crippen LogP contribution in [0, 0.1) is 17.0 Å². The molecule has 0 saturated heterocycles. The Morgan fingerprint density at radius 2 is 2.09 bits per heavy atom. The number of furan rings is 1. The molecule has 2 rings (SSSR count). The van der Waals surface area contributed by atoms with Crippen LogP contribution in [0.5, 0.6) is 0 Å². The molecule has 0 bridgehead atoms. The van der Waals surface area contributed by atoms with E-state index in [-0.39, 0.29) is 17.6 Å². The summed E-state index contributed by atoms with van der Waals surface area (Å²) in [4.78, 5) is 24.8. The molecule has 0 fully saturated rings. The van der Waals surface area contributed by atoms with E-state index in [2.05, 4.69) is 5.32 Å². The number of nitro groups is 1. The van der Waals surface area contributed by atoms with Crippen molar-refractivity contribution in [1.29, 1.82) is 0 Å². The third-order valence-corrected chi connectivity index (χ3v) is 3.70. The minimum absolute atomic E-state index is 0.0622. The molecule has 0 aliphatic rings. The van der Waals surface area contributed by atoms with Crippen molar-refractivity contribution in [2.24, 2.45) is 0 Å². The fraction of sp³-hybridized carbons (Fsp3) is 0.312. The highest BCUT2D eigenvalue weighted by molar-refractivity contribution is 5.96. The Labute approximate surface area is 134 Å². The maximum Gasteiger partial charge on any atom is 0.273 e. The van der Waals surface area contributed by atoms with E-state index in [9.17, 15) is 14.9 Å². The van der Waals surface area contributed by atoms with Crippen molar-refractivity contribution < 1.29 is 14.1 Å². The van der Waals surface area contributed by atoms with Crippen molar-refractivity contribution in [1.82, 2.24) is 10.2 Å². The monoisotopic (exact) mass is 317 g/mol. The normalized spacial score (nSPS) is 12.2. The molecule has 0 spiro atoms. The van der Waals surface area contributed by atoms with Crippen molar-refractivity contribution in [3.8, 4) is 0 Å². The molecule has 1 amide bonds. The molecule has 122 valence electrons. The SMILES string of the molecule is Cc1c(C(=O)NCC(c2ccco2)N(C)C)cccc1[N+](=O)[O-]. The zero-order valence-electron chi connectivity index (χ0n) is 13.3. The van der Waals surface area contributed by atoms with Crippen molar-refractivity contribution >= 4 is 11.6 Å². The van der Waals surface area contributed by atoms with E-state index in [0.717, 1.165) is 5.76 Å². The highest BCUT2D eigenvalue weighted by Gasteiger charge is 2.21. The maximum atomic E-state index is 12.4. The number of rotatable bonds is 6. The summed E-state index contributed by atoms with van der Waals surface area (Å²) in [6, 6.07) is 7.99. The first-order chi connectivity index (χ1) is 10.9. The van der Waals surface area contributed by atoms with Crippen LogP contribution in [-0.4, -0.2) is 36.4 Å². The number of nitrogens with one attached hydrogen (secondary N) is 1. The van der Waals surface area contributed by atoms with E-state index in [0.29, 0.717) is 17.7 Å². The number of hydrogen-bond donors (Lipinski definition) is 1. The topological polar surface area (TPSA) is 88.6 Å². The van der Waals surface area contributed by atoms with Crippen LogP contribution in [0.25, 0.3) is 0 Å². The quantitative estimate of drug-likeness (QED) is 0.653. The number of nitrogens with zero attached hydrogens (tertiary/aromatic N) is 2. The number of likely N-dealkylation sites (N-methyl/N-ethyl adjacent to an activating group) is 1. The lowest BCUT2D eigenvalue weighted by atomic mass is 10.1. The molecule has 1 N–H and O–H groups in total. The van der Waals surface area contributed by atoms with Gasteiger partial charge in [0.25, 0.3) is 11.6 Å². The summed E-state index contributed by atoms with van der Waals surface area (Å²) in [5.74, 6) is 0.399. The van der Waals surface area contributed by atoms with E-state index in [1.54, 1.807) is 25.3 Å². The Bertz CT molecular complexity index is 695. The molecule has 0 radical (unpaired) electrons. The van der Waals surface area contributed by atoms with E-state index < -0.39 is 4.92 Å². The van der Waals surface area contributed by atoms with Gasteiger partial charge in [0.1, 0.15) is 5.76 Å². The lowest BCUT2D eigenvalue weighted by Crippen LogP contribution is -2.34. The maximum absolute atomic E-state index is 12.4. The second-order valence-electron chi connectivity index (χ2n) is 5.41. The van der Waals surface area contributed by atoms with Gasteiger partial charge in [-0.15, -0.1) is 0 Å². The standard InChI is InChI=1S/C16H19N3O4/c1-11-12(6-4-7-13(11)19(21)22)16(20)17-10-14(18(2)3)15-8-5-9-23-15/h4-9,14H,10H2,1-3H3,(H,17,20). The second kappa shape index (κ2) is 7.06. The highest BCUT2D eigenvalue weighted by Crippen LogP contribution is 2.22. The molecule has 0 saturated carbocycles. The first-order valence-electron chi connectivity index (χ1n) is 7.14. The van der Waals surface area contributed by atoms with Crippen LogP contribution in [0.2, 0.25) is 0 Å². The van der Waals surface area contributed by atoms with Crippen LogP contribution in [0.15, 0.2) is 41.0 Å². The molecule has 2 aromatic rings. The van der Waals surface area contributed by atoms with E-state index in [4.69, 9.17) is 4.42 Å². The minimum atomic E-state index is -0.489. The summed E-state index contributed by atoms with van der Waals surface area (Å²) in [5, 5.41) is 13.8. The number of hydrogen-bond acceptors (Lipinski definition) is 5. The van der Waals surface area contributed by atoms with Gasteiger partial charge in [-0.25, -0.2) is 0 Å². The lowest BCUT2D eigenvalue weighted by molar-refractivity contribution is -0.385. The first kappa shape index (κ1) is 16.7. The molecule has 1 aromatic carbocycles. The molecule has 1 unspecified atom stereocenters. The smallest absolute Gasteiger partial charge is 0.273 e. The summed E-state index contributed by atoms with van der Waals surface area (Å²) < 4.78 is 5.39. The Kier molecular flexibility index (Phi) is 5.13. The average molecular weight is 317 g/mol. The van der Waals surface area contributed by atoms with Crippen LogP contribution < -0.4 is 5.32 Å². The molecular weight excluding hydrogens is 298 g/mol. The number of benzene rings is 1. The van der Waals surface area contributed by atoms with Gasteiger partial charge in [0.2, 0.25) is 0 Å². The van der Waals surface area contributed by atoms with Crippen LogP contribution in [-0.2, 0) is 0 Å². The van der Waals surface area contributed by atoms with Crippen LogP contribution in [0.3, 0.4) is 0 Å². The van der Waals surface area contributed by atoms with E-state index in [1.807, 2.05) is 25.1 Å². The van der Waals surface area contributed by atoms with Gasteiger partial charge in [0, 0.05) is 23.7 Å². The summed E-state index contributed by atoms with van der Waals surface area (Å²) in [5.41, 5.74) is 0.596. The van der Waals surface area contributed by atoms with Crippen LogP contribution in [0.1, 0.15) is 27.7 Å². The summed E-state index contributed by atoms with van der Waals surface area (Å²) >= 11 is 0. The molecule has 23 heavy (non-hydrogen) atoms. The van der Waals surface area contributed by atoms with Gasteiger partial charge in [-0.3, -0.25) is 19.8 Å². The molecule has 1 aromatic heterocycles. The summed E-state index contributed by atoms with van der Waals surface area (Å²) in [6.07, 6.45) is 1.58.